The van der Waals surface area contributed by atoms with E-state index in [0.717, 1.165) is 0 Å². The van der Waals surface area contributed by atoms with Gasteiger partial charge >= 0.3 is 6.03 Å². The molecule has 0 unspecified atom stereocenters. The summed E-state index contributed by atoms with van der Waals surface area (Å²) in [5, 5.41) is 11.2. The van der Waals surface area contributed by atoms with E-state index in [9.17, 15) is 14.4 Å². The lowest BCUT2D eigenvalue weighted by Gasteiger charge is -2.15. The summed E-state index contributed by atoms with van der Waals surface area (Å²) in [5.41, 5.74) is 9.62. The number of azide groups is 1. The normalized spacial score (nSPS) is 9.92. The molecule has 0 saturated carbocycles. The van der Waals surface area contributed by atoms with E-state index in [1.54, 1.807) is 42.5 Å². The van der Waals surface area contributed by atoms with Crippen LogP contribution < -0.4 is 30.2 Å². The van der Waals surface area contributed by atoms with Crippen LogP contribution in [0.5, 0.6) is 17.2 Å². The standard InChI is InChI=1S/C24H21ClN6O6/c1-35-19-10-15(11-20(21(19)36-2)37-13-27-31-26)23(33)30-24(34)29-18-5-3-4-17(12-18)28-22(32)14-6-8-16(25)9-7-14/h3-12H,13H2,1-2H3,(H,28,32)(H2,29,30,33,34). The molecule has 0 aliphatic heterocycles. The Balaban J connectivity index is 1.68. The number of hydrogen-bond donors (Lipinski definition) is 3. The molecule has 3 aromatic carbocycles. The molecule has 3 aromatic rings. The molecule has 37 heavy (non-hydrogen) atoms. The zero-order valence-electron chi connectivity index (χ0n) is 19.6. The summed E-state index contributed by atoms with van der Waals surface area (Å²) in [7, 11) is 2.74. The molecule has 0 atom stereocenters. The first-order chi connectivity index (χ1) is 17.8. The summed E-state index contributed by atoms with van der Waals surface area (Å²) in [6.07, 6.45) is 0. The van der Waals surface area contributed by atoms with E-state index >= 15 is 0 Å². The van der Waals surface area contributed by atoms with Crippen molar-refractivity contribution in [2.75, 3.05) is 31.6 Å². The van der Waals surface area contributed by atoms with Crippen LogP contribution in [-0.2, 0) is 0 Å². The maximum atomic E-state index is 12.7. The number of carbonyl (C=O) groups is 3. The Hall–Kier alpha value is -4.93. The van der Waals surface area contributed by atoms with Crippen LogP contribution in [0.1, 0.15) is 20.7 Å². The van der Waals surface area contributed by atoms with Crippen LogP contribution in [0.2, 0.25) is 5.02 Å². The van der Waals surface area contributed by atoms with Gasteiger partial charge in [0.2, 0.25) is 5.75 Å². The predicted molar refractivity (Wildman–Crippen MR) is 137 cm³/mol. The number of ether oxygens (including phenoxy) is 3. The number of hydrogen-bond acceptors (Lipinski definition) is 7. The highest BCUT2D eigenvalue weighted by Crippen LogP contribution is 2.38. The van der Waals surface area contributed by atoms with Gasteiger partial charge in [-0.25, -0.2) is 4.79 Å². The van der Waals surface area contributed by atoms with Crippen molar-refractivity contribution in [2.45, 2.75) is 0 Å². The summed E-state index contributed by atoms with van der Waals surface area (Å²) in [5.74, 6) is -0.715. The highest BCUT2D eigenvalue weighted by Gasteiger charge is 2.19. The van der Waals surface area contributed by atoms with E-state index in [0.29, 0.717) is 22.0 Å². The molecular weight excluding hydrogens is 504 g/mol. The summed E-state index contributed by atoms with van der Waals surface area (Å²) >= 11 is 5.85. The fourth-order valence-electron chi connectivity index (χ4n) is 3.11. The Kier molecular flexibility index (Phi) is 9.14. The lowest BCUT2D eigenvalue weighted by molar-refractivity contribution is 0.0965. The second kappa shape index (κ2) is 12.7. The molecule has 0 heterocycles. The molecule has 4 amide bonds. The summed E-state index contributed by atoms with van der Waals surface area (Å²) in [4.78, 5) is 40.2. The molecule has 0 aliphatic rings. The average molecular weight is 525 g/mol. The van der Waals surface area contributed by atoms with Gasteiger partial charge in [-0.2, -0.15) is 0 Å². The number of anilines is 2. The van der Waals surface area contributed by atoms with E-state index in [2.05, 4.69) is 26.0 Å². The zero-order valence-corrected chi connectivity index (χ0v) is 20.4. The molecule has 0 saturated heterocycles. The number of amides is 4. The number of methoxy groups -OCH3 is 2. The number of rotatable bonds is 9. The Morgan fingerprint density at radius 1 is 0.892 bits per heavy atom. The van der Waals surface area contributed by atoms with Crippen LogP contribution in [0.25, 0.3) is 10.4 Å². The van der Waals surface area contributed by atoms with Crippen molar-refractivity contribution in [2.24, 2.45) is 5.11 Å². The number of nitrogens with one attached hydrogen (secondary N) is 3. The minimum atomic E-state index is -0.822. The van der Waals surface area contributed by atoms with E-state index in [1.807, 2.05) is 0 Å². The molecular formula is C24H21ClN6O6. The number of nitrogens with zero attached hydrogens (tertiary/aromatic N) is 3. The van der Waals surface area contributed by atoms with Crippen LogP contribution >= 0.6 is 11.6 Å². The van der Waals surface area contributed by atoms with E-state index in [4.69, 9.17) is 31.3 Å². The first kappa shape index (κ1) is 26.7. The third-order valence-electron chi connectivity index (χ3n) is 4.76. The molecule has 190 valence electrons. The van der Waals surface area contributed by atoms with Gasteiger partial charge in [-0.1, -0.05) is 22.8 Å². The minimum Gasteiger partial charge on any atom is -0.493 e. The molecule has 0 aliphatic carbocycles. The van der Waals surface area contributed by atoms with Crippen molar-refractivity contribution in [3.05, 3.63) is 87.3 Å². The van der Waals surface area contributed by atoms with E-state index < -0.39 is 11.9 Å². The minimum absolute atomic E-state index is 0.0210. The molecule has 3 N–H and O–H groups in total. The number of carbonyl (C=O) groups excluding carboxylic acids is 3. The Bertz CT molecular complexity index is 1360. The van der Waals surface area contributed by atoms with Gasteiger partial charge in [0.1, 0.15) is 0 Å². The largest absolute Gasteiger partial charge is 0.493 e. The second-order valence-electron chi connectivity index (χ2n) is 7.16. The molecule has 0 fully saturated rings. The fraction of sp³-hybridized carbons (Fsp3) is 0.125. The van der Waals surface area contributed by atoms with Crippen molar-refractivity contribution in [1.82, 2.24) is 5.32 Å². The summed E-state index contributed by atoms with van der Waals surface area (Å²) in [6, 6.07) is 14.6. The molecule has 0 aromatic heterocycles. The molecule has 0 radical (unpaired) electrons. The maximum absolute atomic E-state index is 12.7. The topological polar surface area (TPSA) is 164 Å². The van der Waals surface area contributed by atoms with Crippen LogP contribution in [0, 0.1) is 0 Å². The molecule has 3 rings (SSSR count). The monoisotopic (exact) mass is 524 g/mol. The molecule has 13 heteroatoms. The highest BCUT2D eigenvalue weighted by molar-refractivity contribution is 6.30. The van der Waals surface area contributed by atoms with Crippen LogP contribution in [0.15, 0.2) is 65.8 Å². The van der Waals surface area contributed by atoms with Crippen LogP contribution in [-0.4, -0.2) is 38.8 Å². The van der Waals surface area contributed by atoms with E-state index in [1.165, 1.54) is 32.4 Å². The van der Waals surface area contributed by atoms with Gasteiger partial charge in [0.25, 0.3) is 11.8 Å². The Morgan fingerprint density at radius 3 is 2.22 bits per heavy atom. The number of halogens is 1. The Labute approximate surface area is 216 Å². The van der Waals surface area contributed by atoms with Crippen molar-refractivity contribution < 1.29 is 28.6 Å². The third kappa shape index (κ3) is 7.28. The van der Waals surface area contributed by atoms with Gasteiger partial charge in [-0.15, -0.1) is 0 Å². The lowest BCUT2D eigenvalue weighted by Crippen LogP contribution is -2.34. The van der Waals surface area contributed by atoms with E-state index in [-0.39, 0.29) is 35.4 Å². The van der Waals surface area contributed by atoms with Crippen molar-refractivity contribution in [1.29, 1.82) is 0 Å². The summed E-state index contributed by atoms with van der Waals surface area (Å²) in [6.45, 7) is -0.355. The lowest BCUT2D eigenvalue weighted by atomic mass is 10.1. The average Bonchev–Trinajstić information content (AvgIpc) is 2.88. The molecule has 0 bridgehead atoms. The maximum Gasteiger partial charge on any atom is 0.326 e. The van der Waals surface area contributed by atoms with Crippen molar-refractivity contribution in [3.8, 4) is 17.2 Å². The van der Waals surface area contributed by atoms with Gasteiger partial charge < -0.3 is 24.8 Å². The predicted octanol–water partition coefficient (Wildman–Crippen LogP) is 5.22. The van der Waals surface area contributed by atoms with Gasteiger partial charge in [0.15, 0.2) is 18.2 Å². The van der Waals surface area contributed by atoms with Gasteiger partial charge in [-0.05, 0) is 60.1 Å². The van der Waals surface area contributed by atoms with Crippen molar-refractivity contribution in [3.63, 3.8) is 0 Å². The molecule has 0 spiro atoms. The second-order valence-corrected chi connectivity index (χ2v) is 7.60. The first-order valence-corrected chi connectivity index (χ1v) is 10.9. The first-order valence-electron chi connectivity index (χ1n) is 10.5. The highest BCUT2D eigenvalue weighted by atomic mass is 35.5. The summed E-state index contributed by atoms with van der Waals surface area (Å²) < 4.78 is 15.8. The molecule has 12 nitrogen and oxygen atoms in total. The smallest absolute Gasteiger partial charge is 0.326 e. The van der Waals surface area contributed by atoms with Crippen LogP contribution in [0.4, 0.5) is 16.2 Å². The van der Waals surface area contributed by atoms with Gasteiger partial charge in [-0.3, -0.25) is 14.9 Å². The van der Waals surface area contributed by atoms with Crippen LogP contribution in [0.3, 0.4) is 0 Å². The third-order valence-corrected chi connectivity index (χ3v) is 5.01. The SMILES string of the molecule is COc1cc(C(=O)NC(=O)Nc2cccc(NC(=O)c3ccc(Cl)cc3)c2)cc(OCN=[N+]=[N-])c1OC. The quantitative estimate of drug-likeness (QED) is 0.197. The van der Waals surface area contributed by atoms with Gasteiger partial charge in [0, 0.05) is 32.4 Å². The number of urea groups is 1. The van der Waals surface area contributed by atoms with Gasteiger partial charge in [0.05, 0.1) is 14.2 Å². The van der Waals surface area contributed by atoms with Crippen molar-refractivity contribution >= 4 is 40.8 Å². The fourth-order valence-corrected chi connectivity index (χ4v) is 3.23. The number of imide groups is 1. The number of benzene rings is 3. The zero-order chi connectivity index (χ0) is 26.8. The Morgan fingerprint density at radius 2 is 1.57 bits per heavy atom.